The number of hydrogen-bond acceptors (Lipinski definition) is 4. The van der Waals surface area contributed by atoms with Gasteiger partial charge in [0, 0.05) is 36.9 Å². The van der Waals surface area contributed by atoms with Crippen LogP contribution in [0, 0.1) is 6.92 Å². The zero-order valence-corrected chi connectivity index (χ0v) is 18.9. The summed E-state index contributed by atoms with van der Waals surface area (Å²) >= 11 is 0. The minimum atomic E-state index is -0.0238. The fraction of sp³-hybridized carbons (Fsp3) is 0.440. The van der Waals surface area contributed by atoms with E-state index in [1.54, 1.807) is 0 Å². The lowest BCUT2D eigenvalue weighted by atomic mass is 10.0. The van der Waals surface area contributed by atoms with Gasteiger partial charge in [-0.25, -0.2) is 0 Å². The van der Waals surface area contributed by atoms with E-state index in [1.807, 2.05) is 69.6 Å². The Morgan fingerprint density at radius 2 is 1.61 bits per heavy atom. The van der Waals surface area contributed by atoms with Crippen molar-refractivity contribution in [3.63, 3.8) is 0 Å². The molecule has 0 atom stereocenters. The van der Waals surface area contributed by atoms with Crippen molar-refractivity contribution in [2.75, 3.05) is 45.2 Å². The lowest BCUT2D eigenvalue weighted by Crippen LogP contribution is -2.45. The van der Waals surface area contributed by atoms with Crippen LogP contribution in [-0.4, -0.2) is 63.0 Å². The van der Waals surface area contributed by atoms with E-state index in [2.05, 4.69) is 20.4 Å². The van der Waals surface area contributed by atoms with Crippen LogP contribution >= 0.6 is 0 Å². The molecule has 1 heterocycles. The summed E-state index contributed by atoms with van der Waals surface area (Å²) in [4.78, 5) is 29.7. The number of amides is 2. The summed E-state index contributed by atoms with van der Waals surface area (Å²) in [7, 11) is 4.06. The number of carbonyl (C=O) groups is 2. The van der Waals surface area contributed by atoms with Gasteiger partial charge in [0.2, 0.25) is 0 Å². The second-order valence-corrected chi connectivity index (χ2v) is 8.48. The van der Waals surface area contributed by atoms with Crippen LogP contribution in [0.5, 0.6) is 0 Å². The maximum atomic E-state index is 12.7. The largest absolute Gasteiger partial charge is 0.371 e. The molecule has 3 rings (SSSR count). The number of para-hydroxylation sites is 1. The average Bonchev–Trinajstić information content (AvgIpc) is 2.77. The Morgan fingerprint density at radius 3 is 2.29 bits per heavy atom. The standard InChI is InChI=1S/C25H34N4O2/c1-19-9-4-5-10-21(19)25(31)27-20-13-17-29(18-14-20)23-12-7-6-11-22(23)24(30)26-15-8-16-28(2)3/h4-7,9-12,20H,8,13-18H2,1-3H3,(H,26,30)(H,27,31). The second kappa shape index (κ2) is 11.0. The van der Waals surface area contributed by atoms with Gasteiger partial charge in [-0.15, -0.1) is 0 Å². The molecule has 2 aromatic rings. The van der Waals surface area contributed by atoms with Gasteiger partial charge in [0.15, 0.2) is 0 Å². The molecular weight excluding hydrogens is 388 g/mol. The summed E-state index contributed by atoms with van der Waals surface area (Å²) in [6.45, 7) is 5.19. The Bertz CT molecular complexity index is 889. The predicted octanol–water partition coefficient (Wildman–Crippen LogP) is 3.08. The highest BCUT2D eigenvalue weighted by molar-refractivity contribution is 6.00. The molecule has 166 valence electrons. The molecule has 0 bridgehead atoms. The van der Waals surface area contributed by atoms with Crippen molar-refractivity contribution in [2.45, 2.75) is 32.2 Å². The third-order valence-corrected chi connectivity index (χ3v) is 5.78. The molecule has 31 heavy (non-hydrogen) atoms. The van der Waals surface area contributed by atoms with E-state index >= 15 is 0 Å². The number of rotatable bonds is 8. The highest BCUT2D eigenvalue weighted by atomic mass is 16.2. The minimum absolute atomic E-state index is 0.00551. The van der Waals surface area contributed by atoms with Crippen LogP contribution in [0.1, 0.15) is 45.5 Å². The molecule has 6 heteroatoms. The Labute approximate surface area is 185 Å². The van der Waals surface area contributed by atoms with E-state index in [0.29, 0.717) is 6.54 Å². The SMILES string of the molecule is Cc1ccccc1C(=O)NC1CCN(c2ccccc2C(=O)NCCCN(C)C)CC1. The van der Waals surface area contributed by atoms with Gasteiger partial charge in [0.25, 0.3) is 11.8 Å². The summed E-state index contributed by atoms with van der Waals surface area (Å²) in [5.41, 5.74) is 3.41. The third-order valence-electron chi connectivity index (χ3n) is 5.78. The van der Waals surface area contributed by atoms with Gasteiger partial charge in [-0.2, -0.15) is 0 Å². The van der Waals surface area contributed by atoms with Crippen molar-refractivity contribution in [3.05, 3.63) is 65.2 Å². The zero-order chi connectivity index (χ0) is 22.2. The van der Waals surface area contributed by atoms with Gasteiger partial charge in [0.1, 0.15) is 0 Å². The lowest BCUT2D eigenvalue weighted by molar-refractivity contribution is 0.0929. The minimum Gasteiger partial charge on any atom is -0.371 e. The monoisotopic (exact) mass is 422 g/mol. The fourth-order valence-electron chi connectivity index (χ4n) is 3.99. The summed E-state index contributed by atoms with van der Waals surface area (Å²) in [6.07, 6.45) is 2.64. The van der Waals surface area contributed by atoms with Gasteiger partial charge in [0.05, 0.1) is 5.56 Å². The Hall–Kier alpha value is -2.86. The van der Waals surface area contributed by atoms with E-state index in [1.165, 1.54) is 0 Å². The first-order chi connectivity index (χ1) is 15.0. The molecule has 0 aromatic heterocycles. The van der Waals surface area contributed by atoms with Gasteiger partial charge >= 0.3 is 0 Å². The fourth-order valence-corrected chi connectivity index (χ4v) is 3.99. The van der Waals surface area contributed by atoms with E-state index in [0.717, 1.165) is 61.3 Å². The number of aryl methyl sites for hydroxylation is 1. The van der Waals surface area contributed by atoms with Crippen molar-refractivity contribution in [1.82, 2.24) is 15.5 Å². The summed E-state index contributed by atoms with van der Waals surface area (Å²) < 4.78 is 0. The second-order valence-electron chi connectivity index (χ2n) is 8.48. The molecular formula is C25H34N4O2. The molecule has 0 aliphatic carbocycles. The molecule has 0 spiro atoms. The van der Waals surface area contributed by atoms with E-state index in [-0.39, 0.29) is 17.9 Å². The van der Waals surface area contributed by atoms with Crippen LogP contribution in [0.15, 0.2) is 48.5 Å². The van der Waals surface area contributed by atoms with Gasteiger partial charge < -0.3 is 20.4 Å². The number of carbonyl (C=O) groups excluding carboxylic acids is 2. The maximum Gasteiger partial charge on any atom is 0.253 e. The van der Waals surface area contributed by atoms with Crippen LogP contribution in [-0.2, 0) is 0 Å². The van der Waals surface area contributed by atoms with E-state index < -0.39 is 0 Å². The maximum absolute atomic E-state index is 12.7. The van der Waals surface area contributed by atoms with Crippen molar-refractivity contribution in [3.8, 4) is 0 Å². The molecule has 2 N–H and O–H groups in total. The molecule has 1 aliphatic rings. The summed E-state index contributed by atoms with van der Waals surface area (Å²) in [5.74, 6) is -0.0293. The first-order valence-electron chi connectivity index (χ1n) is 11.1. The molecule has 6 nitrogen and oxygen atoms in total. The predicted molar refractivity (Wildman–Crippen MR) is 126 cm³/mol. The van der Waals surface area contributed by atoms with E-state index in [4.69, 9.17) is 0 Å². The number of nitrogens with zero attached hydrogens (tertiary/aromatic N) is 2. The molecule has 0 saturated carbocycles. The highest BCUT2D eigenvalue weighted by Crippen LogP contribution is 2.24. The molecule has 2 amide bonds. The molecule has 2 aromatic carbocycles. The lowest BCUT2D eigenvalue weighted by Gasteiger charge is -2.35. The number of benzene rings is 2. The Morgan fingerprint density at radius 1 is 0.968 bits per heavy atom. The first kappa shape index (κ1) is 22.8. The normalized spacial score (nSPS) is 14.5. The number of nitrogens with one attached hydrogen (secondary N) is 2. The third kappa shape index (κ3) is 6.31. The van der Waals surface area contributed by atoms with Crippen molar-refractivity contribution in [2.24, 2.45) is 0 Å². The van der Waals surface area contributed by atoms with Crippen LogP contribution in [0.3, 0.4) is 0 Å². The first-order valence-corrected chi connectivity index (χ1v) is 11.1. The van der Waals surface area contributed by atoms with Crippen molar-refractivity contribution >= 4 is 17.5 Å². The average molecular weight is 423 g/mol. The number of piperidine rings is 1. The smallest absolute Gasteiger partial charge is 0.253 e. The van der Waals surface area contributed by atoms with Crippen molar-refractivity contribution < 1.29 is 9.59 Å². The molecule has 0 unspecified atom stereocenters. The number of hydrogen-bond donors (Lipinski definition) is 2. The van der Waals surface area contributed by atoms with Crippen molar-refractivity contribution in [1.29, 1.82) is 0 Å². The Balaban J connectivity index is 1.55. The topological polar surface area (TPSA) is 64.7 Å². The van der Waals surface area contributed by atoms with Gasteiger partial charge in [-0.05, 0) is 70.6 Å². The van der Waals surface area contributed by atoms with E-state index in [9.17, 15) is 9.59 Å². The molecule has 0 radical (unpaired) electrons. The van der Waals surface area contributed by atoms with Crippen LogP contribution in [0.25, 0.3) is 0 Å². The summed E-state index contributed by atoms with van der Waals surface area (Å²) in [6, 6.07) is 15.6. The highest BCUT2D eigenvalue weighted by Gasteiger charge is 2.24. The quantitative estimate of drug-likeness (QED) is 0.642. The molecule has 1 fully saturated rings. The van der Waals surface area contributed by atoms with Crippen LogP contribution in [0.2, 0.25) is 0 Å². The van der Waals surface area contributed by atoms with Crippen LogP contribution < -0.4 is 15.5 Å². The molecule has 1 saturated heterocycles. The molecule has 1 aliphatic heterocycles. The van der Waals surface area contributed by atoms with Crippen LogP contribution in [0.4, 0.5) is 5.69 Å². The van der Waals surface area contributed by atoms with Gasteiger partial charge in [-0.1, -0.05) is 30.3 Å². The number of anilines is 1. The Kier molecular flexibility index (Phi) is 8.06. The summed E-state index contributed by atoms with van der Waals surface area (Å²) in [5, 5.41) is 6.22. The van der Waals surface area contributed by atoms with Gasteiger partial charge in [-0.3, -0.25) is 9.59 Å². The zero-order valence-electron chi connectivity index (χ0n) is 18.9.